The van der Waals surface area contributed by atoms with E-state index in [0.717, 1.165) is 11.0 Å². The normalized spacial score (nSPS) is 14.5. The van der Waals surface area contributed by atoms with Gasteiger partial charge in [0.2, 0.25) is 5.95 Å². The third-order valence-corrected chi connectivity index (χ3v) is 1.29. The summed E-state index contributed by atoms with van der Waals surface area (Å²) in [5, 5.41) is 12.0. The maximum absolute atomic E-state index is 11.8. The molecule has 1 atom stereocenters. The van der Waals surface area contributed by atoms with Crippen molar-refractivity contribution in [1.82, 2.24) is 14.8 Å². The van der Waals surface area contributed by atoms with Gasteiger partial charge in [-0.25, -0.2) is 9.67 Å². The number of aliphatic hydroxyl groups is 1. The largest absolute Gasteiger partial charge is 0.416 e. The molecule has 0 aliphatic heterocycles. The average Bonchev–Trinajstić information content (AvgIpc) is 2.33. The van der Waals surface area contributed by atoms with Crippen molar-refractivity contribution in [2.75, 3.05) is 5.73 Å². The zero-order valence-electron chi connectivity index (χ0n) is 6.36. The molecular formula is C5H7F3N4O. The van der Waals surface area contributed by atoms with Crippen molar-refractivity contribution in [3.8, 4) is 0 Å². The predicted molar refractivity (Wildman–Crippen MR) is 36.5 cm³/mol. The van der Waals surface area contributed by atoms with Crippen LogP contribution in [0.5, 0.6) is 0 Å². The zero-order chi connectivity index (χ0) is 10.1. The van der Waals surface area contributed by atoms with E-state index in [0.29, 0.717) is 0 Å². The van der Waals surface area contributed by atoms with E-state index in [9.17, 15) is 13.2 Å². The molecule has 1 aromatic rings. The third kappa shape index (κ3) is 2.58. The number of alkyl halides is 3. The van der Waals surface area contributed by atoms with Gasteiger partial charge in [-0.15, -0.1) is 5.10 Å². The molecule has 0 aliphatic carbocycles. The molecule has 0 saturated heterocycles. The molecule has 0 radical (unpaired) electrons. The van der Waals surface area contributed by atoms with Crippen LogP contribution in [0.4, 0.5) is 19.1 Å². The molecule has 1 rings (SSSR count). The highest BCUT2D eigenvalue weighted by Crippen LogP contribution is 2.20. The summed E-state index contributed by atoms with van der Waals surface area (Å²) in [6, 6.07) is 0. The van der Waals surface area contributed by atoms with Crippen LogP contribution in [0.1, 0.15) is 0 Å². The van der Waals surface area contributed by atoms with E-state index in [1.807, 2.05) is 0 Å². The highest BCUT2D eigenvalue weighted by molar-refractivity contribution is 5.09. The second-order valence-electron chi connectivity index (χ2n) is 2.38. The minimum absolute atomic E-state index is 0.130. The summed E-state index contributed by atoms with van der Waals surface area (Å²) in [7, 11) is 0. The average molecular weight is 196 g/mol. The van der Waals surface area contributed by atoms with Gasteiger partial charge in [-0.05, 0) is 0 Å². The second kappa shape index (κ2) is 3.21. The van der Waals surface area contributed by atoms with Gasteiger partial charge in [0.15, 0.2) is 6.10 Å². The molecule has 0 fully saturated rings. The summed E-state index contributed by atoms with van der Waals surface area (Å²) in [5.74, 6) is -0.130. The van der Waals surface area contributed by atoms with Gasteiger partial charge in [0.1, 0.15) is 6.33 Å². The first kappa shape index (κ1) is 9.78. The molecule has 13 heavy (non-hydrogen) atoms. The SMILES string of the molecule is Nc1ncn(CC(O)C(F)(F)F)n1. The van der Waals surface area contributed by atoms with E-state index in [1.165, 1.54) is 0 Å². The van der Waals surface area contributed by atoms with Gasteiger partial charge < -0.3 is 10.8 Å². The van der Waals surface area contributed by atoms with Gasteiger partial charge >= 0.3 is 6.18 Å². The standard InChI is InChI=1S/C5H7F3N4O/c6-5(7,8)3(13)1-12-2-10-4(9)11-12/h2-3,13H,1H2,(H2,9,11). The summed E-state index contributed by atoms with van der Waals surface area (Å²) in [6.45, 7) is -0.701. The molecule has 8 heteroatoms. The maximum atomic E-state index is 11.8. The van der Waals surface area contributed by atoms with Crippen LogP contribution < -0.4 is 5.73 Å². The molecule has 0 aliphatic rings. The number of rotatable bonds is 2. The number of nitrogen functional groups attached to an aromatic ring is 1. The Morgan fingerprint density at radius 3 is 2.62 bits per heavy atom. The van der Waals surface area contributed by atoms with Crippen LogP contribution in [0.3, 0.4) is 0 Å². The van der Waals surface area contributed by atoms with Crippen molar-refractivity contribution in [3.63, 3.8) is 0 Å². The molecule has 1 heterocycles. The molecular weight excluding hydrogens is 189 g/mol. The summed E-state index contributed by atoms with van der Waals surface area (Å²) >= 11 is 0. The molecule has 1 unspecified atom stereocenters. The number of hydrogen-bond acceptors (Lipinski definition) is 4. The quantitative estimate of drug-likeness (QED) is 0.685. The Balaban J connectivity index is 2.60. The summed E-state index contributed by atoms with van der Waals surface area (Å²) < 4.78 is 36.2. The number of aliphatic hydroxyl groups excluding tert-OH is 1. The monoisotopic (exact) mass is 196 g/mol. The lowest BCUT2D eigenvalue weighted by atomic mass is 10.3. The van der Waals surface area contributed by atoms with Gasteiger partial charge in [0.05, 0.1) is 6.54 Å². The first-order valence-corrected chi connectivity index (χ1v) is 3.29. The van der Waals surface area contributed by atoms with Crippen molar-refractivity contribution in [2.45, 2.75) is 18.8 Å². The van der Waals surface area contributed by atoms with Crippen LogP contribution in [0.2, 0.25) is 0 Å². The molecule has 0 spiro atoms. The summed E-state index contributed by atoms with van der Waals surface area (Å²) in [5.41, 5.74) is 5.06. The number of anilines is 1. The highest BCUT2D eigenvalue weighted by Gasteiger charge is 2.38. The Labute approximate surface area is 71.0 Å². The highest BCUT2D eigenvalue weighted by atomic mass is 19.4. The van der Waals surface area contributed by atoms with Gasteiger partial charge in [0.25, 0.3) is 0 Å². The number of nitrogens with two attached hydrogens (primary N) is 1. The van der Waals surface area contributed by atoms with Crippen molar-refractivity contribution >= 4 is 5.95 Å². The fourth-order valence-electron chi connectivity index (χ4n) is 0.678. The van der Waals surface area contributed by atoms with Gasteiger partial charge in [-0.2, -0.15) is 13.2 Å². The lowest BCUT2D eigenvalue weighted by Gasteiger charge is -2.13. The van der Waals surface area contributed by atoms with Gasteiger partial charge in [0, 0.05) is 0 Å². The molecule has 0 aromatic carbocycles. The second-order valence-corrected chi connectivity index (χ2v) is 2.38. The lowest BCUT2D eigenvalue weighted by Crippen LogP contribution is -2.32. The molecule has 3 N–H and O–H groups in total. The third-order valence-electron chi connectivity index (χ3n) is 1.29. The van der Waals surface area contributed by atoms with Crippen LogP contribution >= 0.6 is 0 Å². The number of aromatic nitrogens is 3. The number of nitrogens with zero attached hydrogens (tertiary/aromatic N) is 3. The van der Waals surface area contributed by atoms with E-state index in [1.54, 1.807) is 0 Å². The lowest BCUT2D eigenvalue weighted by molar-refractivity contribution is -0.208. The Morgan fingerprint density at radius 2 is 2.23 bits per heavy atom. The molecule has 74 valence electrons. The van der Waals surface area contributed by atoms with E-state index in [4.69, 9.17) is 10.8 Å². The molecule has 5 nitrogen and oxygen atoms in total. The smallest absolute Gasteiger partial charge is 0.382 e. The molecule has 0 saturated carbocycles. The predicted octanol–water partition coefficient (Wildman–Crippen LogP) is -0.217. The van der Waals surface area contributed by atoms with Crippen LogP contribution in [-0.2, 0) is 6.54 Å². The summed E-state index contributed by atoms with van der Waals surface area (Å²) in [4.78, 5) is 3.40. The Bertz CT molecular complexity index is 284. The molecule has 0 amide bonds. The minimum atomic E-state index is -4.65. The summed E-state index contributed by atoms with van der Waals surface area (Å²) in [6.07, 6.45) is -6.08. The van der Waals surface area contributed by atoms with E-state index < -0.39 is 18.8 Å². The number of hydrogen-bond donors (Lipinski definition) is 2. The fourth-order valence-corrected chi connectivity index (χ4v) is 0.678. The Kier molecular flexibility index (Phi) is 2.41. The van der Waals surface area contributed by atoms with E-state index in [-0.39, 0.29) is 5.95 Å². The van der Waals surface area contributed by atoms with Crippen molar-refractivity contribution in [1.29, 1.82) is 0 Å². The maximum Gasteiger partial charge on any atom is 0.416 e. The van der Waals surface area contributed by atoms with Crippen molar-refractivity contribution < 1.29 is 18.3 Å². The van der Waals surface area contributed by atoms with Gasteiger partial charge in [-0.1, -0.05) is 0 Å². The molecule has 1 aromatic heterocycles. The van der Waals surface area contributed by atoms with Crippen molar-refractivity contribution in [2.24, 2.45) is 0 Å². The first-order chi connectivity index (χ1) is 5.89. The van der Waals surface area contributed by atoms with Crippen LogP contribution in [-0.4, -0.2) is 32.2 Å². The van der Waals surface area contributed by atoms with E-state index >= 15 is 0 Å². The molecule has 0 bridgehead atoms. The number of halogens is 3. The van der Waals surface area contributed by atoms with Crippen LogP contribution in [0.15, 0.2) is 6.33 Å². The Morgan fingerprint density at radius 1 is 1.62 bits per heavy atom. The van der Waals surface area contributed by atoms with Gasteiger partial charge in [-0.3, -0.25) is 0 Å². The van der Waals surface area contributed by atoms with Crippen LogP contribution in [0, 0.1) is 0 Å². The minimum Gasteiger partial charge on any atom is -0.382 e. The van der Waals surface area contributed by atoms with E-state index in [2.05, 4.69) is 10.1 Å². The van der Waals surface area contributed by atoms with Crippen molar-refractivity contribution in [3.05, 3.63) is 6.33 Å². The fraction of sp³-hybridized carbons (Fsp3) is 0.600. The van der Waals surface area contributed by atoms with Crippen LogP contribution in [0.25, 0.3) is 0 Å². The topological polar surface area (TPSA) is 77.0 Å². The zero-order valence-corrected chi connectivity index (χ0v) is 6.36. The first-order valence-electron chi connectivity index (χ1n) is 3.29. The Hall–Kier alpha value is -1.31.